The molecule has 1 aliphatic rings. The van der Waals surface area contributed by atoms with Crippen molar-refractivity contribution in [3.8, 4) is 11.4 Å². The zero-order valence-corrected chi connectivity index (χ0v) is 28.0. The van der Waals surface area contributed by atoms with Crippen molar-refractivity contribution in [2.24, 2.45) is 0 Å². The van der Waals surface area contributed by atoms with Crippen LogP contribution in [0.2, 0.25) is 0 Å². The van der Waals surface area contributed by atoms with Crippen molar-refractivity contribution in [3.05, 3.63) is 42.1 Å². The van der Waals surface area contributed by atoms with Gasteiger partial charge in [0.2, 0.25) is 5.91 Å². The highest BCUT2D eigenvalue weighted by molar-refractivity contribution is 7.86. The molecule has 1 fully saturated rings. The maximum atomic E-state index is 13.4. The predicted octanol–water partition coefficient (Wildman–Crippen LogP) is 2.17. The molecule has 4 N–H and O–H groups in total. The highest BCUT2D eigenvalue weighted by Crippen LogP contribution is 2.21. The van der Waals surface area contributed by atoms with Crippen molar-refractivity contribution in [2.45, 2.75) is 37.7 Å². The van der Waals surface area contributed by atoms with Gasteiger partial charge in [-0.05, 0) is 40.4 Å². The number of rotatable bonds is 13. The first-order chi connectivity index (χ1) is 22.9. The number of benzene rings is 1. The van der Waals surface area contributed by atoms with Gasteiger partial charge in [-0.3, -0.25) is 18.9 Å². The van der Waals surface area contributed by atoms with Crippen molar-refractivity contribution in [2.75, 3.05) is 65.3 Å². The molecule has 20 heteroatoms. The number of hydrogen-bond donors (Lipinski definition) is 4. The van der Waals surface area contributed by atoms with E-state index in [1.165, 1.54) is 15.9 Å². The molecule has 1 saturated heterocycles. The van der Waals surface area contributed by atoms with Gasteiger partial charge in [0.05, 0.1) is 6.61 Å². The van der Waals surface area contributed by atoms with Gasteiger partial charge in [-0.15, -0.1) is 0 Å². The number of aromatic nitrogens is 2. The number of alkyl halides is 3. The summed E-state index contributed by atoms with van der Waals surface area (Å²) in [6.45, 7) is 4.51. The number of nitrogens with one attached hydrogen (secondary N) is 2. The number of hydrogen-bond acceptors (Lipinski definition) is 11. The van der Waals surface area contributed by atoms with Crippen molar-refractivity contribution in [3.63, 3.8) is 0 Å². The molecule has 0 spiro atoms. The molecule has 0 radical (unpaired) electrons. The van der Waals surface area contributed by atoms with E-state index in [4.69, 9.17) is 17.7 Å². The van der Waals surface area contributed by atoms with Crippen LogP contribution >= 0.6 is 0 Å². The number of carboxylic acid groups (broad SMARTS) is 1. The van der Waals surface area contributed by atoms with Crippen LogP contribution in [0.15, 0.2) is 36.4 Å². The topological polar surface area (TPSA) is 212 Å². The standard InChI is InChI=1S/C28H39N7O6.CHF3O3S/c1-4-41-28(40)35-17-15-34(16-18-35)27(39)21(11-12-24(36)37)31-26(38)22-19-23(29-13-8-14-33(2)3)32-25(30-22)20-9-6-5-7-10-20;2-1(3,4)8(5,6)7/h5-7,9-10,19,21H,4,8,11-18H2,1-3H3,(H,31,38)(H,36,37)(H,29,30,32);(H,5,6,7). The Morgan fingerprint density at radius 2 is 1.63 bits per heavy atom. The van der Waals surface area contributed by atoms with Crippen LogP contribution < -0.4 is 10.6 Å². The van der Waals surface area contributed by atoms with Gasteiger partial charge < -0.3 is 35.2 Å². The molecule has 49 heavy (non-hydrogen) atoms. The average molecular weight is 720 g/mol. The monoisotopic (exact) mass is 719 g/mol. The molecule has 1 unspecified atom stereocenters. The Bertz CT molecular complexity index is 1520. The lowest BCUT2D eigenvalue weighted by atomic mass is 10.1. The van der Waals surface area contributed by atoms with E-state index in [1.54, 1.807) is 6.92 Å². The molecule has 3 rings (SSSR count). The smallest absolute Gasteiger partial charge is 0.481 e. The van der Waals surface area contributed by atoms with Crippen LogP contribution in [-0.2, 0) is 24.4 Å². The second kappa shape index (κ2) is 18.8. The third kappa shape index (κ3) is 13.8. The maximum Gasteiger partial charge on any atom is 0.522 e. The number of halogens is 3. The number of aliphatic carboxylic acids is 1. The van der Waals surface area contributed by atoms with E-state index in [-0.39, 0.29) is 51.3 Å². The first kappa shape index (κ1) is 40.6. The van der Waals surface area contributed by atoms with Gasteiger partial charge in [0.15, 0.2) is 5.82 Å². The van der Waals surface area contributed by atoms with Crippen molar-refractivity contribution >= 4 is 39.8 Å². The quantitative estimate of drug-likeness (QED) is 0.133. The van der Waals surface area contributed by atoms with Gasteiger partial charge in [0.1, 0.15) is 17.6 Å². The second-order valence-corrected chi connectivity index (χ2v) is 12.2. The number of ether oxygens (including phenoxy) is 1. The largest absolute Gasteiger partial charge is 0.522 e. The number of carbonyl (C=O) groups excluding carboxylic acids is 3. The van der Waals surface area contributed by atoms with Gasteiger partial charge in [0, 0.05) is 50.8 Å². The molecule has 16 nitrogen and oxygen atoms in total. The SMILES string of the molecule is CCOC(=O)N1CCN(C(=O)C(CCC(=O)O)NC(=O)c2cc(NCCCN(C)C)nc(-c3ccccc3)n2)CC1.O=S(=O)(O)C(F)(F)F. The number of carboxylic acids is 1. The first-order valence-corrected chi connectivity index (χ1v) is 16.5. The van der Waals surface area contributed by atoms with E-state index in [2.05, 4.69) is 25.5 Å². The number of anilines is 1. The number of carbonyl (C=O) groups is 4. The Balaban J connectivity index is 0.000000924. The normalized spacial score (nSPS) is 14.0. The van der Waals surface area contributed by atoms with Crippen molar-refractivity contribution in [1.29, 1.82) is 0 Å². The molecule has 1 aliphatic heterocycles. The van der Waals surface area contributed by atoms with Crippen molar-refractivity contribution in [1.82, 2.24) is 30.0 Å². The summed E-state index contributed by atoms with van der Waals surface area (Å²) in [4.78, 5) is 64.3. The third-order valence-electron chi connectivity index (χ3n) is 6.74. The zero-order chi connectivity index (χ0) is 36.8. The summed E-state index contributed by atoms with van der Waals surface area (Å²) in [5, 5.41) is 15.2. The van der Waals surface area contributed by atoms with Crippen LogP contribution in [0.3, 0.4) is 0 Å². The van der Waals surface area contributed by atoms with E-state index in [9.17, 15) is 37.5 Å². The molecule has 1 atom stereocenters. The molecule has 3 amide bonds. The van der Waals surface area contributed by atoms with Gasteiger partial charge in [-0.25, -0.2) is 14.8 Å². The summed E-state index contributed by atoms with van der Waals surface area (Å²) in [6.07, 6.45) is 0.00926. The number of nitrogens with zero attached hydrogens (tertiary/aromatic N) is 5. The Kier molecular flexibility index (Phi) is 15.6. The van der Waals surface area contributed by atoms with Crippen LogP contribution in [0.5, 0.6) is 0 Å². The van der Waals surface area contributed by atoms with Gasteiger partial charge in [0.25, 0.3) is 5.91 Å². The molecular formula is C29H40F3N7O9S. The fourth-order valence-electron chi connectivity index (χ4n) is 4.28. The van der Waals surface area contributed by atoms with Crippen LogP contribution in [0.25, 0.3) is 11.4 Å². The molecule has 0 aliphatic carbocycles. The summed E-state index contributed by atoms with van der Waals surface area (Å²) in [5.41, 5.74) is -4.77. The summed E-state index contributed by atoms with van der Waals surface area (Å²) in [7, 11) is -1.86. The van der Waals surface area contributed by atoms with Crippen LogP contribution in [0.4, 0.5) is 23.8 Å². The van der Waals surface area contributed by atoms with E-state index in [0.717, 1.165) is 18.5 Å². The molecule has 2 aromatic rings. The van der Waals surface area contributed by atoms with E-state index < -0.39 is 45.5 Å². The Morgan fingerprint density at radius 3 is 2.16 bits per heavy atom. The first-order valence-electron chi connectivity index (χ1n) is 15.0. The van der Waals surface area contributed by atoms with E-state index in [1.807, 2.05) is 44.4 Å². The number of piperazine rings is 1. The highest BCUT2D eigenvalue weighted by Gasteiger charge is 2.44. The minimum atomic E-state index is -5.84. The lowest BCUT2D eigenvalue weighted by Crippen LogP contribution is -2.56. The number of amides is 3. The predicted molar refractivity (Wildman–Crippen MR) is 170 cm³/mol. The Hall–Kier alpha value is -4.56. The Morgan fingerprint density at radius 1 is 1.04 bits per heavy atom. The van der Waals surface area contributed by atoms with Gasteiger partial charge >= 0.3 is 27.7 Å². The summed E-state index contributed by atoms with van der Waals surface area (Å²) >= 11 is 0. The molecule has 1 aromatic carbocycles. The molecule has 272 valence electrons. The van der Waals surface area contributed by atoms with Crippen molar-refractivity contribution < 1.29 is 55.2 Å². The minimum absolute atomic E-state index is 0.0502. The van der Waals surface area contributed by atoms with E-state index in [0.29, 0.717) is 18.2 Å². The summed E-state index contributed by atoms with van der Waals surface area (Å²) < 4.78 is 62.6. The third-order valence-corrected chi connectivity index (χ3v) is 7.32. The van der Waals surface area contributed by atoms with Gasteiger partial charge in [-0.1, -0.05) is 30.3 Å². The zero-order valence-electron chi connectivity index (χ0n) is 27.1. The van der Waals surface area contributed by atoms with E-state index >= 15 is 0 Å². The van der Waals surface area contributed by atoms with Crippen LogP contribution in [0.1, 0.15) is 36.7 Å². The summed E-state index contributed by atoms with van der Waals surface area (Å²) in [6, 6.07) is 9.67. The van der Waals surface area contributed by atoms with Gasteiger partial charge in [-0.2, -0.15) is 21.6 Å². The second-order valence-electron chi connectivity index (χ2n) is 10.8. The molecule has 0 saturated carbocycles. The fourth-order valence-corrected chi connectivity index (χ4v) is 4.28. The lowest BCUT2D eigenvalue weighted by Gasteiger charge is -2.35. The molecule has 0 bridgehead atoms. The minimum Gasteiger partial charge on any atom is -0.481 e. The summed E-state index contributed by atoms with van der Waals surface area (Å²) in [5.74, 6) is -1.30. The lowest BCUT2D eigenvalue weighted by molar-refractivity contribution is -0.138. The molecular weight excluding hydrogens is 679 g/mol. The van der Waals surface area contributed by atoms with Crippen LogP contribution in [-0.4, -0.2) is 138 Å². The maximum absolute atomic E-state index is 13.4. The van der Waals surface area contributed by atoms with Crippen LogP contribution in [0, 0.1) is 0 Å². The molecule has 1 aromatic heterocycles. The fraction of sp³-hybridized carbons (Fsp3) is 0.517. The Labute approximate surface area is 281 Å². The average Bonchev–Trinajstić information content (AvgIpc) is 3.04. The highest BCUT2D eigenvalue weighted by atomic mass is 32.2. The molecule has 2 heterocycles.